The Labute approximate surface area is 88.3 Å². The zero-order valence-corrected chi connectivity index (χ0v) is 8.71. The van der Waals surface area contributed by atoms with E-state index in [0.717, 1.165) is 24.3 Å². The second-order valence-corrected chi connectivity index (χ2v) is 4.00. The average molecular weight is 206 g/mol. The Morgan fingerprint density at radius 2 is 2.20 bits per heavy atom. The van der Waals surface area contributed by atoms with Gasteiger partial charge in [-0.05, 0) is 12.8 Å². The molecule has 15 heavy (non-hydrogen) atoms. The van der Waals surface area contributed by atoms with Gasteiger partial charge in [0.25, 0.3) is 0 Å². The van der Waals surface area contributed by atoms with E-state index in [1.807, 2.05) is 0 Å². The maximum absolute atomic E-state index is 5.27. The number of ether oxygens (including phenoxy) is 1. The zero-order valence-electron chi connectivity index (χ0n) is 8.71. The fourth-order valence-electron chi connectivity index (χ4n) is 1.78. The largest absolute Gasteiger partial charge is 0.481 e. The van der Waals surface area contributed by atoms with E-state index in [9.17, 15) is 0 Å². The highest BCUT2D eigenvalue weighted by atomic mass is 16.5. The minimum Gasteiger partial charge on any atom is -0.481 e. The van der Waals surface area contributed by atoms with Crippen LogP contribution in [0.1, 0.15) is 24.1 Å². The lowest BCUT2D eigenvalue weighted by molar-refractivity contribution is 0.392. The number of nitrogens with one attached hydrogen (secondary N) is 2. The van der Waals surface area contributed by atoms with Gasteiger partial charge in [0.2, 0.25) is 11.8 Å². The Morgan fingerprint density at radius 3 is 2.93 bits per heavy atom. The van der Waals surface area contributed by atoms with Gasteiger partial charge in [-0.15, -0.1) is 0 Å². The lowest BCUT2D eigenvalue weighted by atomic mass is 10.2. The van der Waals surface area contributed by atoms with E-state index in [1.165, 1.54) is 12.8 Å². The first kappa shape index (κ1) is 8.91. The summed E-state index contributed by atoms with van der Waals surface area (Å²) in [5.74, 6) is 1.41. The van der Waals surface area contributed by atoms with Crippen molar-refractivity contribution in [1.82, 2.24) is 15.3 Å². The van der Waals surface area contributed by atoms with Crippen LogP contribution in [0.25, 0.3) is 0 Å². The van der Waals surface area contributed by atoms with Gasteiger partial charge in [-0.25, -0.2) is 4.98 Å². The van der Waals surface area contributed by atoms with Crippen molar-refractivity contribution in [3.05, 3.63) is 11.3 Å². The summed E-state index contributed by atoms with van der Waals surface area (Å²) in [5.41, 5.74) is 2.16. The Hall–Kier alpha value is -1.36. The molecule has 1 saturated carbocycles. The van der Waals surface area contributed by atoms with Gasteiger partial charge >= 0.3 is 0 Å². The molecule has 2 heterocycles. The second kappa shape index (κ2) is 3.34. The monoisotopic (exact) mass is 206 g/mol. The van der Waals surface area contributed by atoms with Gasteiger partial charge in [0, 0.05) is 19.1 Å². The van der Waals surface area contributed by atoms with Crippen LogP contribution in [-0.4, -0.2) is 23.1 Å². The smallest absolute Gasteiger partial charge is 0.226 e. The van der Waals surface area contributed by atoms with Crippen LogP contribution < -0.4 is 15.4 Å². The van der Waals surface area contributed by atoms with Crippen molar-refractivity contribution in [2.75, 3.05) is 12.4 Å². The highest BCUT2D eigenvalue weighted by molar-refractivity contribution is 5.41. The summed E-state index contributed by atoms with van der Waals surface area (Å²) in [7, 11) is 1.65. The Bertz CT molecular complexity index is 389. The first-order chi connectivity index (χ1) is 7.36. The van der Waals surface area contributed by atoms with E-state index in [1.54, 1.807) is 7.11 Å². The summed E-state index contributed by atoms with van der Waals surface area (Å²) in [6.07, 6.45) is 2.45. The van der Waals surface area contributed by atoms with Gasteiger partial charge < -0.3 is 15.4 Å². The van der Waals surface area contributed by atoms with E-state index < -0.39 is 0 Å². The maximum Gasteiger partial charge on any atom is 0.226 e. The van der Waals surface area contributed by atoms with Gasteiger partial charge in [-0.1, -0.05) is 0 Å². The molecule has 80 valence electrons. The standard InChI is InChI=1S/C10H14N4O/c1-15-9-7-4-11-5-8(7)13-10(14-9)12-6-2-3-6/h6,11H,2-5H2,1H3,(H,12,13,14). The van der Waals surface area contributed by atoms with Crippen LogP contribution in [0, 0.1) is 0 Å². The molecule has 0 spiro atoms. The molecule has 3 rings (SSSR count). The molecule has 1 aliphatic heterocycles. The van der Waals surface area contributed by atoms with E-state index in [-0.39, 0.29) is 0 Å². The van der Waals surface area contributed by atoms with E-state index >= 15 is 0 Å². The van der Waals surface area contributed by atoms with Crippen LogP contribution in [0.3, 0.4) is 0 Å². The molecule has 0 atom stereocenters. The summed E-state index contributed by atoms with van der Waals surface area (Å²) >= 11 is 0. The predicted octanol–water partition coefficient (Wildman–Crippen LogP) is 0.663. The van der Waals surface area contributed by atoms with Crippen LogP contribution in [0.2, 0.25) is 0 Å². The lowest BCUT2D eigenvalue weighted by Crippen LogP contribution is -2.08. The molecule has 0 saturated heterocycles. The van der Waals surface area contributed by atoms with Gasteiger partial charge in [-0.3, -0.25) is 0 Å². The fraction of sp³-hybridized carbons (Fsp3) is 0.600. The molecular weight excluding hydrogens is 192 g/mol. The predicted molar refractivity (Wildman–Crippen MR) is 55.8 cm³/mol. The summed E-state index contributed by atoms with van der Waals surface area (Å²) in [6.45, 7) is 1.62. The van der Waals surface area contributed by atoms with Crippen molar-refractivity contribution in [3.8, 4) is 5.88 Å². The number of hydrogen-bond acceptors (Lipinski definition) is 5. The number of aromatic nitrogens is 2. The molecule has 0 aromatic carbocycles. The molecule has 0 bridgehead atoms. The minimum atomic E-state index is 0.571. The molecule has 1 fully saturated rings. The molecule has 1 aliphatic carbocycles. The van der Waals surface area contributed by atoms with Gasteiger partial charge in [0.05, 0.1) is 18.4 Å². The highest BCUT2D eigenvalue weighted by Crippen LogP contribution is 2.27. The van der Waals surface area contributed by atoms with E-state index in [4.69, 9.17) is 4.74 Å². The summed E-state index contributed by atoms with van der Waals surface area (Å²) in [6, 6.07) is 0.571. The van der Waals surface area contributed by atoms with Crippen molar-refractivity contribution in [3.63, 3.8) is 0 Å². The van der Waals surface area contributed by atoms with Crippen LogP contribution in [-0.2, 0) is 13.1 Å². The Morgan fingerprint density at radius 1 is 1.33 bits per heavy atom. The van der Waals surface area contributed by atoms with Crippen LogP contribution >= 0.6 is 0 Å². The van der Waals surface area contributed by atoms with Crippen LogP contribution in [0.4, 0.5) is 5.95 Å². The number of hydrogen-bond donors (Lipinski definition) is 2. The molecular formula is C10H14N4O. The summed E-state index contributed by atoms with van der Waals surface area (Å²) in [5, 5.41) is 6.54. The average Bonchev–Trinajstić information content (AvgIpc) is 2.93. The van der Waals surface area contributed by atoms with Crippen LogP contribution in [0.15, 0.2) is 0 Å². The zero-order chi connectivity index (χ0) is 10.3. The number of nitrogens with zero attached hydrogens (tertiary/aromatic N) is 2. The summed E-state index contributed by atoms with van der Waals surface area (Å²) in [4.78, 5) is 8.84. The van der Waals surface area contributed by atoms with Gasteiger partial charge in [-0.2, -0.15) is 4.98 Å². The first-order valence-corrected chi connectivity index (χ1v) is 5.28. The fourth-order valence-corrected chi connectivity index (χ4v) is 1.78. The quantitative estimate of drug-likeness (QED) is 0.761. The van der Waals surface area contributed by atoms with Crippen molar-refractivity contribution >= 4 is 5.95 Å². The summed E-state index contributed by atoms with van der Waals surface area (Å²) < 4.78 is 5.27. The van der Waals surface area contributed by atoms with Crippen molar-refractivity contribution < 1.29 is 4.74 Å². The minimum absolute atomic E-state index is 0.571. The number of methoxy groups -OCH3 is 1. The topological polar surface area (TPSA) is 59.1 Å². The molecule has 0 radical (unpaired) electrons. The van der Waals surface area contributed by atoms with E-state index in [2.05, 4.69) is 20.6 Å². The highest BCUT2D eigenvalue weighted by Gasteiger charge is 2.24. The Balaban J connectivity index is 1.94. The lowest BCUT2D eigenvalue weighted by Gasteiger charge is -2.08. The Kier molecular flexibility index (Phi) is 1.98. The molecule has 2 N–H and O–H groups in total. The molecule has 5 nitrogen and oxygen atoms in total. The van der Waals surface area contributed by atoms with E-state index in [0.29, 0.717) is 17.9 Å². The number of fused-ring (bicyclic) bond motifs is 1. The maximum atomic E-state index is 5.27. The third-order valence-electron chi connectivity index (χ3n) is 2.75. The molecule has 0 amide bonds. The third kappa shape index (κ3) is 1.63. The van der Waals surface area contributed by atoms with Gasteiger partial charge in [0.1, 0.15) is 0 Å². The molecule has 5 heteroatoms. The normalized spacial score (nSPS) is 18.7. The van der Waals surface area contributed by atoms with Crippen molar-refractivity contribution in [1.29, 1.82) is 0 Å². The second-order valence-electron chi connectivity index (χ2n) is 4.00. The molecule has 1 aromatic heterocycles. The first-order valence-electron chi connectivity index (χ1n) is 5.28. The molecule has 1 aromatic rings. The van der Waals surface area contributed by atoms with Crippen molar-refractivity contribution in [2.45, 2.75) is 32.0 Å². The van der Waals surface area contributed by atoms with Gasteiger partial charge in [0.15, 0.2) is 0 Å². The number of rotatable bonds is 3. The SMILES string of the molecule is COc1nc(NC2CC2)nc2c1CNC2. The third-order valence-corrected chi connectivity index (χ3v) is 2.75. The van der Waals surface area contributed by atoms with Crippen LogP contribution in [0.5, 0.6) is 5.88 Å². The molecule has 0 unspecified atom stereocenters. The number of anilines is 1. The van der Waals surface area contributed by atoms with Crippen molar-refractivity contribution in [2.24, 2.45) is 0 Å². The molecule has 2 aliphatic rings.